The minimum atomic E-state index is -0.635. The predicted octanol–water partition coefficient (Wildman–Crippen LogP) is 4.86. The first-order valence-corrected chi connectivity index (χ1v) is 11.3. The molecule has 2 N–H and O–H groups in total. The van der Waals surface area contributed by atoms with Gasteiger partial charge < -0.3 is 15.3 Å². The van der Waals surface area contributed by atoms with Crippen LogP contribution in [0, 0.1) is 0 Å². The van der Waals surface area contributed by atoms with E-state index >= 15 is 0 Å². The molecule has 0 aliphatic carbocycles. The number of likely N-dealkylation sites (tertiary alicyclic amines) is 1. The van der Waals surface area contributed by atoms with Crippen LogP contribution < -0.4 is 10.2 Å². The molecule has 0 bridgehead atoms. The minimum absolute atomic E-state index is 0.390. The Morgan fingerprint density at radius 2 is 1.77 bits per heavy atom. The van der Waals surface area contributed by atoms with Crippen molar-refractivity contribution in [3.05, 3.63) is 82.9 Å². The van der Waals surface area contributed by atoms with Crippen molar-refractivity contribution in [2.75, 3.05) is 25.0 Å². The number of hydrogen-bond donors (Lipinski definition) is 2. The Morgan fingerprint density at radius 3 is 2.58 bits per heavy atom. The van der Waals surface area contributed by atoms with Crippen LogP contribution in [-0.4, -0.2) is 42.4 Å². The average Bonchev–Trinajstić information content (AvgIpc) is 2.78. The van der Waals surface area contributed by atoms with Gasteiger partial charge in [0.15, 0.2) is 0 Å². The van der Waals surface area contributed by atoms with E-state index in [1.165, 1.54) is 16.3 Å². The number of likely N-dealkylation sites (N-methyl/N-ethyl adjacent to an activating group) is 1. The van der Waals surface area contributed by atoms with E-state index in [4.69, 9.17) is 11.6 Å². The number of aliphatic hydroxyl groups is 1. The number of hydrogen-bond acceptors (Lipinski definition) is 4. The summed E-state index contributed by atoms with van der Waals surface area (Å²) in [5.41, 5.74) is 4.40. The van der Waals surface area contributed by atoms with Gasteiger partial charge in [-0.3, -0.25) is 4.90 Å². The van der Waals surface area contributed by atoms with Gasteiger partial charge in [0.05, 0.1) is 0 Å². The van der Waals surface area contributed by atoms with Crippen LogP contribution in [0.2, 0.25) is 5.02 Å². The highest BCUT2D eigenvalue weighted by molar-refractivity contribution is 6.30. The van der Waals surface area contributed by atoms with Crippen molar-refractivity contribution >= 4 is 33.8 Å². The number of nitrogens with zero attached hydrogens (tertiary/aromatic N) is 2. The third kappa shape index (κ3) is 4.29. The van der Waals surface area contributed by atoms with Gasteiger partial charge in [0.25, 0.3) is 0 Å². The number of piperidine rings is 1. The summed E-state index contributed by atoms with van der Waals surface area (Å²) in [7, 11) is 1.90. The van der Waals surface area contributed by atoms with Crippen LogP contribution in [0.1, 0.15) is 24.0 Å². The van der Waals surface area contributed by atoms with Crippen LogP contribution >= 0.6 is 11.6 Å². The molecule has 0 aromatic heterocycles. The fraction of sp³-hybridized carbons (Fsp3) is 0.308. The van der Waals surface area contributed by atoms with Gasteiger partial charge in [0.2, 0.25) is 0 Å². The van der Waals surface area contributed by atoms with Crippen molar-refractivity contribution < 1.29 is 5.11 Å². The lowest BCUT2D eigenvalue weighted by Crippen LogP contribution is -2.43. The SMILES string of the molecule is CN1c2ccc(Cl)cc2C(NC2CCN(Cc3ccc4ccccc4c3)CC2)=CC1O. The Labute approximate surface area is 188 Å². The van der Waals surface area contributed by atoms with E-state index < -0.39 is 6.23 Å². The number of benzene rings is 3. The Hall–Kier alpha value is -2.53. The molecule has 5 rings (SSSR count). The maximum absolute atomic E-state index is 10.4. The molecule has 2 aliphatic heterocycles. The summed E-state index contributed by atoms with van der Waals surface area (Å²) in [5.74, 6) is 0. The minimum Gasteiger partial charge on any atom is -0.382 e. The fourth-order valence-corrected chi connectivity index (χ4v) is 4.87. The number of halogens is 1. The van der Waals surface area contributed by atoms with E-state index in [0.717, 1.165) is 49.4 Å². The number of anilines is 1. The molecule has 1 atom stereocenters. The summed E-state index contributed by atoms with van der Waals surface area (Å²) in [5, 5.41) is 17.4. The standard InChI is InChI=1S/C26H28ClN3O/c1-29-25-9-8-21(27)15-23(25)24(16-26(29)31)28-22-10-12-30(13-11-22)17-18-6-7-19-4-2-3-5-20(19)14-18/h2-9,14-16,22,26,28,31H,10-13,17H2,1H3. The maximum Gasteiger partial charge on any atom is 0.148 e. The third-order valence-electron chi connectivity index (χ3n) is 6.51. The molecule has 0 saturated carbocycles. The molecule has 1 unspecified atom stereocenters. The Kier molecular flexibility index (Phi) is 5.61. The molecule has 0 amide bonds. The maximum atomic E-state index is 10.4. The molecular formula is C26H28ClN3O. The van der Waals surface area contributed by atoms with Crippen molar-refractivity contribution in [2.45, 2.75) is 31.7 Å². The summed E-state index contributed by atoms with van der Waals surface area (Å²) in [6, 6.07) is 21.5. The van der Waals surface area contributed by atoms with E-state index in [1.54, 1.807) is 0 Å². The Bertz CT molecular complexity index is 1120. The molecule has 31 heavy (non-hydrogen) atoms. The molecule has 1 saturated heterocycles. The topological polar surface area (TPSA) is 38.7 Å². The van der Waals surface area contributed by atoms with E-state index in [2.05, 4.69) is 52.7 Å². The second-order valence-electron chi connectivity index (χ2n) is 8.64. The van der Waals surface area contributed by atoms with Crippen LogP contribution in [0.5, 0.6) is 0 Å². The smallest absolute Gasteiger partial charge is 0.148 e. The molecule has 0 spiro atoms. The Balaban J connectivity index is 1.23. The Morgan fingerprint density at radius 1 is 1.00 bits per heavy atom. The van der Waals surface area contributed by atoms with Crippen molar-refractivity contribution in [1.29, 1.82) is 0 Å². The van der Waals surface area contributed by atoms with Gasteiger partial charge >= 0.3 is 0 Å². The van der Waals surface area contributed by atoms with Crippen LogP contribution in [0.4, 0.5) is 5.69 Å². The van der Waals surface area contributed by atoms with E-state index in [1.807, 2.05) is 36.2 Å². The number of nitrogens with one attached hydrogen (secondary N) is 1. The lowest BCUT2D eigenvalue weighted by atomic mass is 9.99. The summed E-state index contributed by atoms with van der Waals surface area (Å²) < 4.78 is 0. The van der Waals surface area contributed by atoms with Crippen LogP contribution in [0.25, 0.3) is 16.5 Å². The number of aliphatic hydroxyl groups excluding tert-OH is 1. The largest absolute Gasteiger partial charge is 0.382 e. The van der Waals surface area contributed by atoms with Crippen molar-refractivity contribution in [1.82, 2.24) is 10.2 Å². The van der Waals surface area contributed by atoms with Gasteiger partial charge in [-0.15, -0.1) is 0 Å². The van der Waals surface area contributed by atoms with Gasteiger partial charge in [-0.2, -0.15) is 0 Å². The molecule has 1 fully saturated rings. The molecule has 3 aromatic rings. The predicted molar refractivity (Wildman–Crippen MR) is 129 cm³/mol. The highest BCUT2D eigenvalue weighted by Crippen LogP contribution is 2.34. The van der Waals surface area contributed by atoms with Crippen LogP contribution in [0.3, 0.4) is 0 Å². The summed E-state index contributed by atoms with van der Waals surface area (Å²) in [6.07, 6.45) is 3.41. The van der Waals surface area contributed by atoms with E-state index in [9.17, 15) is 5.11 Å². The highest BCUT2D eigenvalue weighted by Gasteiger charge is 2.26. The molecule has 2 aliphatic rings. The van der Waals surface area contributed by atoms with Gasteiger partial charge in [-0.25, -0.2) is 0 Å². The van der Waals surface area contributed by atoms with Gasteiger partial charge in [-0.1, -0.05) is 48.0 Å². The lowest BCUT2D eigenvalue weighted by Gasteiger charge is -2.36. The van der Waals surface area contributed by atoms with Crippen molar-refractivity contribution in [3.63, 3.8) is 0 Å². The quantitative estimate of drug-likeness (QED) is 0.616. The second-order valence-corrected chi connectivity index (χ2v) is 9.08. The van der Waals surface area contributed by atoms with Gasteiger partial charge in [-0.05, 0) is 59.5 Å². The molecule has 2 heterocycles. The van der Waals surface area contributed by atoms with E-state index in [-0.39, 0.29) is 0 Å². The molecule has 3 aromatic carbocycles. The van der Waals surface area contributed by atoms with Crippen molar-refractivity contribution in [2.24, 2.45) is 0 Å². The molecule has 0 radical (unpaired) electrons. The molecule has 4 nitrogen and oxygen atoms in total. The summed E-state index contributed by atoms with van der Waals surface area (Å²) >= 11 is 6.26. The van der Waals surface area contributed by atoms with E-state index in [0.29, 0.717) is 11.1 Å². The normalized spacial score (nSPS) is 19.9. The molecule has 160 valence electrons. The highest BCUT2D eigenvalue weighted by atomic mass is 35.5. The number of rotatable bonds is 4. The first-order valence-electron chi connectivity index (χ1n) is 11.0. The van der Waals surface area contributed by atoms with Crippen LogP contribution in [0.15, 0.2) is 66.7 Å². The van der Waals surface area contributed by atoms with Gasteiger partial charge in [0.1, 0.15) is 6.23 Å². The molecular weight excluding hydrogens is 406 g/mol. The third-order valence-corrected chi connectivity index (χ3v) is 6.74. The first-order chi connectivity index (χ1) is 15.1. The molecule has 5 heteroatoms. The zero-order valence-electron chi connectivity index (χ0n) is 17.8. The van der Waals surface area contributed by atoms with Crippen LogP contribution in [-0.2, 0) is 6.54 Å². The number of fused-ring (bicyclic) bond motifs is 2. The summed E-state index contributed by atoms with van der Waals surface area (Å²) in [4.78, 5) is 4.40. The zero-order valence-corrected chi connectivity index (χ0v) is 18.5. The van der Waals surface area contributed by atoms with Crippen molar-refractivity contribution in [3.8, 4) is 0 Å². The second kappa shape index (κ2) is 8.54. The monoisotopic (exact) mass is 433 g/mol. The zero-order chi connectivity index (χ0) is 21.4. The lowest BCUT2D eigenvalue weighted by molar-refractivity contribution is 0.197. The van der Waals surface area contributed by atoms with Gasteiger partial charge in [0, 0.05) is 54.7 Å². The average molecular weight is 434 g/mol. The first kappa shape index (κ1) is 20.4. The fourth-order valence-electron chi connectivity index (χ4n) is 4.70. The summed E-state index contributed by atoms with van der Waals surface area (Å²) in [6.45, 7) is 3.10.